The summed E-state index contributed by atoms with van der Waals surface area (Å²) in [6, 6.07) is 8.04. The molecule has 4 rings (SSSR count). The summed E-state index contributed by atoms with van der Waals surface area (Å²) >= 11 is 6.33. The zero-order chi connectivity index (χ0) is 19.7. The molecular formula is C20H27ClN6O. The van der Waals surface area contributed by atoms with Gasteiger partial charge in [-0.15, -0.1) is 10.2 Å². The molecule has 1 saturated heterocycles. The highest BCUT2D eigenvalue weighted by Crippen LogP contribution is 2.33. The van der Waals surface area contributed by atoms with Gasteiger partial charge in [0.2, 0.25) is 5.82 Å². The first-order chi connectivity index (χ1) is 13.5. The largest absolute Gasteiger partial charge is 0.348 e. The van der Waals surface area contributed by atoms with Crippen molar-refractivity contribution in [3.05, 3.63) is 46.5 Å². The van der Waals surface area contributed by atoms with Crippen molar-refractivity contribution in [2.45, 2.75) is 19.5 Å². The van der Waals surface area contributed by atoms with Gasteiger partial charge >= 0.3 is 0 Å². The highest BCUT2D eigenvalue weighted by molar-refractivity contribution is 6.31. The van der Waals surface area contributed by atoms with Gasteiger partial charge in [0, 0.05) is 50.7 Å². The summed E-state index contributed by atoms with van der Waals surface area (Å²) in [6.45, 7) is 5.12. The highest BCUT2D eigenvalue weighted by atomic mass is 35.5. The fourth-order valence-corrected chi connectivity index (χ4v) is 4.45. The van der Waals surface area contributed by atoms with E-state index in [4.69, 9.17) is 11.6 Å². The lowest BCUT2D eigenvalue weighted by Gasteiger charge is -2.25. The van der Waals surface area contributed by atoms with Crippen LogP contribution < -0.4 is 5.32 Å². The van der Waals surface area contributed by atoms with Crippen molar-refractivity contribution in [3.63, 3.8) is 0 Å². The lowest BCUT2D eigenvalue weighted by Crippen LogP contribution is -2.35. The third-order valence-electron chi connectivity index (χ3n) is 5.74. The van der Waals surface area contributed by atoms with Crippen molar-refractivity contribution < 1.29 is 4.79 Å². The molecular weight excluding hydrogens is 376 g/mol. The number of likely N-dealkylation sites (N-methyl/N-ethyl adjacent to an activating group) is 1. The van der Waals surface area contributed by atoms with Crippen LogP contribution in [-0.2, 0) is 19.5 Å². The van der Waals surface area contributed by atoms with Crippen LogP contribution in [0.3, 0.4) is 0 Å². The highest BCUT2D eigenvalue weighted by Gasteiger charge is 2.39. The molecule has 150 valence electrons. The van der Waals surface area contributed by atoms with Gasteiger partial charge < -0.3 is 14.8 Å². The number of rotatable bonds is 6. The fourth-order valence-electron chi connectivity index (χ4n) is 4.26. The SMILES string of the molecule is CN(C)CCNC(=O)c1nnc2n1C[C@H]1CN(Cc3ccccc3Cl)C[C@@H]1C2. The number of carbonyl (C=O) groups is 1. The Labute approximate surface area is 170 Å². The maximum Gasteiger partial charge on any atom is 0.289 e. The van der Waals surface area contributed by atoms with Crippen LogP contribution in [0, 0.1) is 11.8 Å². The third kappa shape index (κ3) is 4.06. The fraction of sp³-hybridized carbons (Fsp3) is 0.550. The van der Waals surface area contributed by atoms with Gasteiger partial charge in [0.05, 0.1) is 0 Å². The van der Waals surface area contributed by atoms with Crippen LogP contribution >= 0.6 is 11.6 Å². The Hall–Kier alpha value is -1.96. The number of halogens is 1. The molecule has 2 aromatic rings. The maximum absolute atomic E-state index is 12.5. The van der Waals surface area contributed by atoms with Crippen molar-refractivity contribution in [1.82, 2.24) is 29.9 Å². The summed E-state index contributed by atoms with van der Waals surface area (Å²) < 4.78 is 2.02. The number of aromatic nitrogens is 3. The molecule has 2 atom stereocenters. The molecule has 0 spiro atoms. The maximum atomic E-state index is 12.5. The Morgan fingerprint density at radius 2 is 2.00 bits per heavy atom. The van der Waals surface area contributed by atoms with Crippen LogP contribution in [0.5, 0.6) is 0 Å². The van der Waals surface area contributed by atoms with Crippen LogP contribution in [0.1, 0.15) is 22.0 Å². The molecule has 3 heterocycles. The van der Waals surface area contributed by atoms with E-state index in [1.807, 2.05) is 41.8 Å². The van der Waals surface area contributed by atoms with Gasteiger partial charge in [-0.25, -0.2) is 0 Å². The minimum Gasteiger partial charge on any atom is -0.348 e. The first-order valence-corrected chi connectivity index (χ1v) is 10.2. The van der Waals surface area contributed by atoms with Gasteiger partial charge in [-0.05, 0) is 37.6 Å². The summed E-state index contributed by atoms with van der Waals surface area (Å²) in [4.78, 5) is 17.0. The summed E-state index contributed by atoms with van der Waals surface area (Å²) in [5.74, 6) is 2.31. The molecule has 8 heteroatoms. The number of likely N-dealkylation sites (tertiary alicyclic amines) is 1. The summed E-state index contributed by atoms with van der Waals surface area (Å²) in [5, 5.41) is 12.3. The molecule has 7 nitrogen and oxygen atoms in total. The number of nitrogens with zero attached hydrogens (tertiary/aromatic N) is 5. The van der Waals surface area contributed by atoms with E-state index in [2.05, 4.69) is 26.5 Å². The summed E-state index contributed by atoms with van der Waals surface area (Å²) in [5.41, 5.74) is 1.17. The van der Waals surface area contributed by atoms with E-state index in [1.54, 1.807) is 0 Å². The smallest absolute Gasteiger partial charge is 0.289 e. The van der Waals surface area contributed by atoms with Crippen molar-refractivity contribution in [2.24, 2.45) is 11.8 Å². The predicted molar refractivity (Wildman–Crippen MR) is 108 cm³/mol. The standard InChI is InChI=1S/C20H27ClN6O/c1-25(2)8-7-22-20(28)19-24-23-18-9-15-11-26(12-16(15)13-27(18)19)10-14-5-3-4-6-17(14)21/h3-6,15-16H,7-13H2,1-2H3,(H,22,28)/t15-,16+/m0/s1. The first-order valence-electron chi connectivity index (χ1n) is 9.82. The Morgan fingerprint density at radius 3 is 2.79 bits per heavy atom. The molecule has 1 N–H and O–H groups in total. The number of hydrogen-bond acceptors (Lipinski definition) is 5. The molecule has 0 unspecified atom stereocenters. The van der Waals surface area contributed by atoms with Crippen molar-refractivity contribution in [2.75, 3.05) is 40.3 Å². The van der Waals surface area contributed by atoms with E-state index in [0.717, 1.165) is 50.0 Å². The van der Waals surface area contributed by atoms with Crippen LogP contribution in [0.15, 0.2) is 24.3 Å². The van der Waals surface area contributed by atoms with E-state index in [9.17, 15) is 4.79 Å². The lowest BCUT2D eigenvalue weighted by molar-refractivity contribution is 0.0932. The second kappa shape index (κ2) is 8.19. The van der Waals surface area contributed by atoms with Crippen molar-refractivity contribution in [3.8, 4) is 0 Å². The average Bonchev–Trinajstić information content (AvgIpc) is 3.23. The van der Waals surface area contributed by atoms with Gasteiger partial charge in [0.25, 0.3) is 5.91 Å². The average molecular weight is 403 g/mol. The summed E-state index contributed by atoms with van der Waals surface area (Å²) in [6.07, 6.45) is 0.877. The summed E-state index contributed by atoms with van der Waals surface area (Å²) in [7, 11) is 3.97. The Morgan fingerprint density at radius 1 is 1.21 bits per heavy atom. The first kappa shape index (κ1) is 19.4. The molecule has 28 heavy (non-hydrogen) atoms. The third-order valence-corrected chi connectivity index (χ3v) is 6.11. The quantitative estimate of drug-likeness (QED) is 0.793. The zero-order valence-electron chi connectivity index (χ0n) is 16.4. The minimum absolute atomic E-state index is 0.134. The Kier molecular flexibility index (Phi) is 5.66. The van der Waals surface area contributed by atoms with Crippen molar-refractivity contribution >= 4 is 17.5 Å². The zero-order valence-corrected chi connectivity index (χ0v) is 17.2. The molecule has 2 aliphatic rings. The van der Waals surface area contributed by atoms with Gasteiger partial charge in [0.15, 0.2) is 0 Å². The molecule has 1 aromatic carbocycles. The second-order valence-corrected chi connectivity index (χ2v) is 8.53. The minimum atomic E-state index is -0.134. The van der Waals surface area contributed by atoms with Crippen LogP contribution in [0.2, 0.25) is 5.02 Å². The molecule has 2 aliphatic heterocycles. The van der Waals surface area contributed by atoms with E-state index in [1.165, 1.54) is 5.56 Å². The van der Waals surface area contributed by atoms with E-state index in [-0.39, 0.29) is 5.91 Å². The number of hydrogen-bond donors (Lipinski definition) is 1. The Balaban J connectivity index is 1.40. The van der Waals surface area contributed by atoms with E-state index >= 15 is 0 Å². The molecule has 0 bridgehead atoms. The molecule has 1 amide bonds. The normalized spacial score (nSPS) is 21.6. The lowest BCUT2D eigenvalue weighted by atomic mass is 9.89. The topological polar surface area (TPSA) is 66.3 Å². The second-order valence-electron chi connectivity index (χ2n) is 8.12. The number of benzene rings is 1. The van der Waals surface area contributed by atoms with Crippen LogP contribution in [0.4, 0.5) is 0 Å². The van der Waals surface area contributed by atoms with Crippen LogP contribution in [-0.4, -0.2) is 70.7 Å². The molecule has 0 saturated carbocycles. The predicted octanol–water partition coefficient (Wildman–Crippen LogP) is 1.53. The molecule has 1 fully saturated rings. The van der Waals surface area contributed by atoms with Gasteiger partial charge in [-0.2, -0.15) is 0 Å². The van der Waals surface area contributed by atoms with E-state index in [0.29, 0.717) is 24.2 Å². The number of fused-ring (bicyclic) bond motifs is 2. The van der Waals surface area contributed by atoms with Crippen molar-refractivity contribution in [1.29, 1.82) is 0 Å². The van der Waals surface area contributed by atoms with Gasteiger partial charge in [-0.3, -0.25) is 9.69 Å². The number of amides is 1. The molecule has 0 aliphatic carbocycles. The molecule has 1 aromatic heterocycles. The number of nitrogens with one attached hydrogen (secondary N) is 1. The molecule has 0 radical (unpaired) electrons. The monoisotopic (exact) mass is 402 g/mol. The van der Waals surface area contributed by atoms with E-state index < -0.39 is 0 Å². The van der Waals surface area contributed by atoms with Crippen LogP contribution in [0.25, 0.3) is 0 Å². The van der Waals surface area contributed by atoms with Gasteiger partial charge in [0.1, 0.15) is 5.82 Å². The Bertz CT molecular complexity index is 851. The number of carbonyl (C=O) groups excluding carboxylic acids is 1. The van der Waals surface area contributed by atoms with Gasteiger partial charge in [-0.1, -0.05) is 29.8 Å².